The van der Waals surface area contributed by atoms with Gasteiger partial charge in [0.05, 0.1) is 10.7 Å². The summed E-state index contributed by atoms with van der Waals surface area (Å²) in [6.07, 6.45) is 0. The molecule has 0 saturated carbocycles. The summed E-state index contributed by atoms with van der Waals surface area (Å²) in [7, 11) is 0. The smallest absolute Gasteiger partial charge is 0.223 e. The average molecular weight is 298 g/mol. The zero-order chi connectivity index (χ0) is 13.8. The van der Waals surface area contributed by atoms with Gasteiger partial charge in [-0.2, -0.15) is 9.97 Å². The van der Waals surface area contributed by atoms with Crippen LogP contribution in [-0.4, -0.2) is 16.5 Å². The molecule has 0 bridgehead atoms. The lowest BCUT2D eigenvalue weighted by Gasteiger charge is -2.10. The number of anilines is 4. The maximum absolute atomic E-state index is 6.08. The van der Waals surface area contributed by atoms with Crippen molar-refractivity contribution >= 4 is 46.5 Å². The lowest BCUT2D eigenvalue weighted by molar-refractivity contribution is 1.12. The molecule has 0 saturated heterocycles. The lowest BCUT2D eigenvalue weighted by atomic mass is 10.3. The van der Waals surface area contributed by atoms with Gasteiger partial charge in [0.1, 0.15) is 11.6 Å². The average Bonchev–Trinajstić information content (AvgIpc) is 2.33. The number of nitrogens with two attached hydrogens (primary N) is 1. The van der Waals surface area contributed by atoms with E-state index in [-0.39, 0.29) is 5.95 Å². The zero-order valence-corrected chi connectivity index (χ0v) is 11.8. The van der Waals surface area contributed by atoms with E-state index in [9.17, 15) is 0 Å². The summed E-state index contributed by atoms with van der Waals surface area (Å²) in [6, 6.07) is 6.89. The standard InChI is InChI=1S/C12H13Cl2N5/c1-2-16-10-6-11(19-12(15)18-10)17-9-5-7(13)3-4-8(9)14/h3-6H,2H2,1H3,(H4,15,16,17,18,19). The first-order valence-electron chi connectivity index (χ1n) is 5.69. The van der Waals surface area contributed by atoms with Crippen molar-refractivity contribution in [3.8, 4) is 0 Å². The van der Waals surface area contributed by atoms with Gasteiger partial charge in [0, 0.05) is 17.6 Å². The minimum Gasteiger partial charge on any atom is -0.370 e. The van der Waals surface area contributed by atoms with E-state index < -0.39 is 0 Å². The van der Waals surface area contributed by atoms with E-state index in [1.807, 2.05) is 6.92 Å². The van der Waals surface area contributed by atoms with E-state index in [1.165, 1.54) is 0 Å². The molecule has 19 heavy (non-hydrogen) atoms. The Morgan fingerprint density at radius 3 is 2.63 bits per heavy atom. The highest BCUT2D eigenvalue weighted by atomic mass is 35.5. The normalized spacial score (nSPS) is 10.3. The van der Waals surface area contributed by atoms with Crippen LogP contribution in [0.1, 0.15) is 6.92 Å². The van der Waals surface area contributed by atoms with Crippen LogP contribution in [0.2, 0.25) is 10.0 Å². The summed E-state index contributed by atoms with van der Waals surface area (Å²) in [5, 5.41) is 7.27. The van der Waals surface area contributed by atoms with E-state index in [1.54, 1.807) is 24.3 Å². The molecule has 0 radical (unpaired) electrons. The van der Waals surface area contributed by atoms with E-state index >= 15 is 0 Å². The quantitative estimate of drug-likeness (QED) is 0.805. The number of halogens is 2. The first kappa shape index (κ1) is 13.7. The van der Waals surface area contributed by atoms with Crippen molar-refractivity contribution in [1.82, 2.24) is 9.97 Å². The third kappa shape index (κ3) is 3.62. The Labute approximate surface area is 121 Å². The second-order valence-electron chi connectivity index (χ2n) is 3.78. The van der Waals surface area contributed by atoms with Gasteiger partial charge in [-0.3, -0.25) is 0 Å². The Morgan fingerprint density at radius 1 is 1.16 bits per heavy atom. The molecule has 2 aromatic rings. The van der Waals surface area contributed by atoms with Crippen LogP contribution in [0.4, 0.5) is 23.3 Å². The van der Waals surface area contributed by atoms with Gasteiger partial charge in [-0.05, 0) is 25.1 Å². The van der Waals surface area contributed by atoms with E-state index in [0.29, 0.717) is 27.4 Å². The second-order valence-corrected chi connectivity index (χ2v) is 4.62. The molecule has 0 amide bonds. The molecule has 0 atom stereocenters. The first-order chi connectivity index (χ1) is 9.08. The lowest BCUT2D eigenvalue weighted by Crippen LogP contribution is -2.05. The molecule has 0 unspecified atom stereocenters. The topological polar surface area (TPSA) is 75.9 Å². The Bertz CT molecular complexity index is 588. The highest BCUT2D eigenvalue weighted by molar-refractivity contribution is 6.35. The van der Waals surface area contributed by atoms with Gasteiger partial charge in [-0.25, -0.2) is 0 Å². The molecule has 1 heterocycles. The largest absolute Gasteiger partial charge is 0.370 e. The van der Waals surface area contributed by atoms with Crippen molar-refractivity contribution in [2.75, 3.05) is 22.9 Å². The summed E-state index contributed by atoms with van der Waals surface area (Å²) in [4.78, 5) is 8.16. The van der Waals surface area contributed by atoms with Gasteiger partial charge >= 0.3 is 0 Å². The maximum atomic E-state index is 6.08. The van der Waals surface area contributed by atoms with Crippen molar-refractivity contribution in [3.63, 3.8) is 0 Å². The van der Waals surface area contributed by atoms with Gasteiger partial charge in [-0.1, -0.05) is 23.2 Å². The number of benzene rings is 1. The number of rotatable bonds is 4. The van der Waals surface area contributed by atoms with Crippen LogP contribution in [0.15, 0.2) is 24.3 Å². The molecule has 100 valence electrons. The fraction of sp³-hybridized carbons (Fsp3) is 0.167. The molecule has 1 aromatic carbocycles. The van der Waals surface area contributed by atoms with Gasteiger partial charge < -0.3 is 16.4 Å². The van der Waals surface area contributed by atoms with Gasteiger partial charge in [0.25, 0.3) is 0 Å². The van der Waals surface area contributed by atoms with Crippen LogP contribution in [0.3, 0.4) is 0 Å². The highest BCUT2D eigenvalue weighted by Crippen LogP contribution is 2.28. The number of aromatic nitrogens is 2. The van der Waals surface area contributed by atoms with Crippen molar-refractivity contribution in [2.45, 2.75) is 6.92 Å². The van der Waals surface area contributed by atoms with Crippen molar-refractivity contribution in [1.29, 1.82) is 0 Å². The predicted octanol–water partition coefficient (Wildman–Crippen LogP) is 3.54. The third-order valence-corrected chi connectivity index (χ3v) is 2.86. The minimum absolute atomic E-state index is 0.180. The fourth-order valence-corrected chi connectivity index (χ4v) is 1.87. The Kier molecular flexibility index (Phi) is 4.29. The Morgan fingerprint density at radius 2 is 1.89 bits per heavy atom. The minimum atomic E-state index is 0.180. The molecule has 4 N–H and O–H groups in total. The van der Waals surface area contributed by atoms with Gasteiger partial charge in [0.15, 0.2) is 0 Å². The molecule has 0 aliphatic heterocycles. The molecule has 0 aliphatic carbocycles. The third-order valence-electron chi connectivity index (χ3n) is 2.29. The molecule has 0 spiro atoms. The molecule has 0 aliphatic rings. The monoisotopic (exact) mass is 297 g/mol. The second kappa shape index (κ2) is 5.95. The summed E-state index contributed by atoms with van der Waals surface area (Å²) < 4.78 is 0. The Balaban J connectivity index is 2.29. The predicted molar refractivity (Wildman–Crippen MR) is 80.4 cm³/mol. The number of hydrogen-bond donors (Lipinski definition) is 3. The van der Waals surface area contributed by atoms with E-state index in [2.05, 4.69) is 20.6 Å². The number of nitrogen functional groups attached to an aromatic ring is 1. The molecular formula is C12H13Cl2N5. The number of hydrogen-bond acceptors (Lipinski definition) is 5. The summed E-state index contributed by atoms with van der Waals surface area (Å²) in [5.74, 6) is 1.38. The summed E-state index contributed by atoms with van der Waals surface area (Å²) in [5.41, 5.74) is 6.31. The van der Waals surface area contributed by atoms with Crippen molar-refractivity contribution in [2.24, 2.45) is 0 Å². The molecule has 7 heteroatoms. The van der Waals surface area contributed by atoms with Crippen LogP contribution in [0.25, 0.3) is 0 Å². The zero-order valence-electron chi connectivity index (χ0n) is 10.2. The maximum Gasteiger partial charge on any atom is 0.223 e. The first-order valence-corrected chi connectivity index (χ1v) is 6.44. The van der Waals surface area contributed by atoms with E-state index in [0.717, 1.165) is 6.54 Å². The van der Waals surface area contributed by atoms with Crippen LogP contribution in [0, 0.1) is 0 Å². The SMILES string of the molecule is CCNc1cc(Nc2cc(Cl)ccc2Cl)nc(N)n1. The van der Waals surface area contributed by atoms with Crippen LogP contribution in [-0.2, 0) is 0 Å². The van der Waals surface area contributed by atoms with Crippen molar-refractivity contribution in [3.05, 3.63) is 34.3 Å². The fourth-order valence-electron chi connectivity index (χ4n) is 1.53. The summed E-state index contributed by atoms with van der Waals surface area (Å²) in [6.45, 7) is 2.72. The molecule has 2 rings (SSSR count). The van der Waals surface area contributed by atoms with Crippen LogP contribution >= 0.6 is 23.2 Å². The van der Waals surface area contributed by atoms with Gasteiger partial charge in [0.2, 0.25) is 5.95 Å². The molecule has 0 fully saturated rings. The molecular weight excluding hydrogens is 285 g/mol. The van der Waals surface area contributed by atoms with E-state index in [4.69, 9.17) is 28.9 Å². The molecule has 5 nitrogen and oxygen atoms in total. The van der Waals surface area contributed by atoms with Crippen LogP contribution < -0.4 is 16.4 Å². The molecule has 1 aromatic heterocycles. The number of nitrogens with one attached hydrogen (secondary N) is 2. The number of nitrogens with zero attached hydrogens (tertiary/aromatic N) is 2. The summed E-state index contributed by atoms with van der Waals surface area (Å²) >= 11 is 12.0. The van der Waals surface area contributed by atoms with Crippen LogP contribution in [0.5, 0.6) is 0 Å². The Hall–Kier alpha value is -1.72. The van der Waals surface area contributed by atoms with Crippen molar-refractivity contribution < 1.29 is 0 Å². The van der Waals surface area contributed by atoms with Gasteiger partial charge in [-0.15, -0.1) is 0 Å². The highest BCUT2D eigenvalue weighted by Gasteiger charge is 2.05.